The van der Waals surface area contributed by atoms with Crippen molar-refractivity contribution in [2.45, 2.75) is 19.8 Å². The van der Waals surface area contributed by atoms with Crippen molar-refractivity contribution in [1.82, 2.24) is 9.78 Å². The Hall–Kier alpha value is -1.61. The Bertz CT molecular complexity index is 476. The zero-order valence-corrected chi connectivity index (χ0v) is 9.59. The van der Waals surface area contributed by atoms with Gasteiger partial charge in [0.05, 0.1) is 11.9 Å². The number of aliphatic hydroxyl groups excluding tert-OH is 1. The Morgan fingerprint density at radius 3 is 2.75 bits per heavy atom. The van der Waals surface area contributed by atoms with E-state index in [4.69, 9.17) is 0 Å². The first-order chi connectivity index (χ1) is 7.72. The van der Waals surface area contributed by atoms with Crippen LogP contribution in [0.4, 0.5) is 0 Å². The zero-order valence-electron chi connectivity index (χ0n) is 9.59. The monoisotopic (exact) mass is 216 g/mol. The van der Waals surface area contributed by atoms with Gasteiger partial charge >= 0.3 is 0 Å². The van der Waals surface area contributed by atoms with Gasteiger partial charge in [-0.2, -0.15) is 5.10 Å². The van der Waals surface area contributed by atoms with E-state index in [0.29, 0.717) is 0 Å². The summed E-state index contributed by atoms with van der Waals surface area (Å²) in [7, 11) is 0. The third kappa shape index (κ3) is 1.99. The highest BCUT2D eigenvalue weighted by Crippen LogP contribution is 2.22. The van der Waals surface area contributed by atoms with Gasteiger partial charge in [0.2, 0.25) is 0 Å². The number of benzene rings is 1. The maximum absolute atomic E-state index is 9.24. The molecular weight excluding hydrogens is 200 g/mol. The van der Waals surface area contributed by atoms with Gasteiger partial charge in [-0.15, -0.1) is 0 Å². The molecule has 1 aromatic carbocycles. The number of para-hydroxylation sites is 1. The maximum atomic E-state index is 9.24. The van der Waals surface area contributed by atoms with Gasteiger partial charge in [0.25, 0.3) is 0 Å². The van der Waals surface area contributed by atoms with Crippen molar-refractivity contribution < 1.29 is 5.11 Å². The molecule has 2 rings (SSSR count). The molecular formula is C13H16N2O. The molecule has 1 atom stereocenters. The molecule has 0 spiro atoms. The van der Waals surface area contributed by atoms with E-state index in [9.17, 15) is 5.11 Å². The summed E-state index contributed by atoms with van der Waals surface area (Å²) in [6.45, 7) is 4.17. The van der Waals surface area contributed by atoms with Gasteiger partial charge in [-0.25, -0.2) is 4.68 Å². The molecule has 1 heterocycles. The van der Waals surface area contributed by atoms with Crippen LogP contribution in [0.25, 0.3) is 5.69 Å². The fourth-order valence-electron chi connectivity index (χ4n) is 1.76. The second kappa shape index (κ2) is 4.49. The molecule has 1 aromatic heterocycles. The highest BCUT2D eigenvalue weighted by molar-refractivity contribution is 5.42. The Kier molecular flexibility index (Phi) is 3.06. The lowest BCUT2D eigenvalue weighted by atomic mass is 10.0. The molecule has 0 aliphatic heterocycles. The molecule has 0 aliphatic carbocycles. The third-order valence-corrected chi connectivity index (χ3v) is 2.70. The molecule has 0 radical (unpaired) electrons. The summed E-state index contributed by atoms with van der Waals surface area (Å²) in [6, 6.07) is 8.03. The molecule has 0 saturated carbocycles. The van der Waals surface area contributed by atoms with Crippen LogP contribution >= 0.6 is 0 Å². The normalized spacial score (nSPS) is 12.7. The van der Waals surface area contributed by atoms with Crippen LogP contribution in [0.15, 0.2) is 36.7 Å². The molecule has 0 aliphatic rings. The molecule has 3 heteroatoms. The molecule has 1 N–H and O–H groups in total. The van der Waals surface area contributed by atoms with Gasteiger partial charge in [0, 0.05) is 18.7 Å². The average molecular weight is 216 g/mol. The van der Waals surface area contributed by atoms with Crippen LogP contribution in [0, 0.1) is 6.92 Å². The molecule has 84 valence electrons. The van der Waals surface area contributed by atoms with E-state index >= 15 is 0 Å². The van der Waals surface area contributed by atoms with Gasteiger partial charge in [-0.3, -0.25) is 0 Å². The molecule has 0 fully saturated rings. The van der Waals surface area contributed by atoms with Crippen molar-refractivity contribution >= 4 is 0 Å². The Morgan fingerprint density at radius 2 is 2.12 bits per heavy atom. The van der Waals surface area contributed by atoms with Crippen LogP contribution in [0.3, 0.4) is 0 Å². The van der Waals surface area contributed by atoms with Crippen molar-refractivity contribution in [1.29, 1.82) is 0 Å². The highest BCUT2D eigenvalue weighted by Gasteiger charge is 2.10. The summed E-state index contributed by atoms with van der Waals surface area (Å²) >= 11 is 0. The molecule has 0 bridgehead atoms. The van der Waals surface area contributed by atoms with Crippen molar-refractivity contribution in [2.24, 2.45) is 0 Å². The minimum Gasteiger partial charge on any atom is -0.396 e. The van der Waals surface area contributed by atoms with Crippen LogP contribution < -0.4 is 0 Å². The smallest absolute Gasteiger partial charge is 0.0681 e. The van der Waals surface area contributed by atoms with Gasteiger partial charge in [-0.05, 0) is 24.1 Å². The topological polar surface area (TPSA) is 38.0 Å². The summed E-state index contributed by atoms with van der Waals surface area (Å²) in [5.41, 5.74) is 3.29. The molecule has 16 heavy (non-hydrogen) atoms. The minimum atomic E-state index is 0.126. The standard InChI is InChI=1S/C13H16N2O/c1-10-7-14-15(8-10)13-6-4-3-5-12(13)11(2)9-16/h3-8,11,16H,9H2,1-2H3. The highest BCUT2D eigenvalue weighted by atomic mass is 16.3. The Balaban J connectivity index is 2.48. The average Bonchev–Trinajstić information content (AvgIpc) is 2.75. The summed E-state index contributed by atoms with van der Waals surface area (Å²) in [5.74, 6) is 0.126. The van der Waals surface area contributed by atoms with E-state index in [1.54, 1.807) is 0 Å². The number of hydrogen-bond donors (Lipinski definition) is 1. The van der Waals surface area contributed by atoms with Crippen molar-refractivity contribution in [3.8, 4) is 5.69 Å². The predicted octanol–water partition coefficient (Wildman–Crippen LogP) is 2.28. The number of aryl methyl sites for hydroxylation is 1. The van der Waals surface area contributed by atoms with Crippen molar-refractivity contribution in [3.63, 3.8) is 0 Å². The predicted molar refractivity (Wildman–Crippen MR) is 63.8 cm³/mol. The minimum absolute atomic E-state index is 0.126. The Morgan fingerprint density at radius 1 is 1.38 bits per heavy atom. The van der Waals surface area contributed by atoms with E-state index in [-0.39, 0.29) is 12.5 Å². The van der Waals surface area contributed by atoms with Crippen LogP contribution in [-0.2, 0) is 0 Å². The molecule has 0 amide bonds. The summed E-state index contributed by atoms with van der Waals surface area (Å²) in [4.78, 5) is 0. The van der Waals surface area contributed by atoms with Gasteiger partial charge in [-0.1, -0.05) is 25.1 Å². The number of nitrogens with zero attached hydrogens (tertiary/aromatic N) is 2. The first-order valence-electron chi connectivity index (χ1n) is 5.44. The number of hydrogen-bond acceptors (Lipinski definition) is 2. The molecule has 2 aromatic rings. The lowest BCUT2D eigenvalue weighted by molar-refractivity contribution is 0.273. The van der Waals surface area contributed by atoms with Gasteiger partial charge in [0.15, 0.2) is 0 Å². The third-order valence-electron chi connectivity index (χ3n) is 2.70. The van der Waals surface area contributed by atoms with E-state index in [1.165, 1.54) is 0 Å². The second-order valence-corrected chi connectivity index (χ2v) is 4.10. The zero-order chi connectivity index (χ0) is 11.5. The van der Waals surface area contributed by atoms with E-state index in [0.717, 1.165) is 16.8 Å². The van der Waals surface area contributed by atoms with Crippen molar-refractivity contribution in [2.75, 3.05) is 6.61 Å². The summed E-state index contributed by atoms with van der Waals surface area (Å²) in [6.07, 6.45) is 3.82. The van der Waals surface area contributed by atoms with Crippen molar-refractivity contribution in [3.05, 3.63) is 47.8 Å². The second-order valence-electron chi connectivity index (χ2n) is 4.10. The number of aromatic nitrogens is 2. The number of rotatable bonds is 3. The largest absolute Gasteiger partial charge is 0.396 e. The first kappa shape index (κ1) is 10.9. The Labute approximate surface area is 95.3 Å². The van der Waals surface area contributed by atoms with E-state index in [2.05, 4.69) is 5.10 Å². The van der Waals surface area contributed by atoms with Crippen LogP contribution in [0.2, 0.25) is 0 Å². The quantitative estimate of drug-likeness (QED) is 0.854. The molecule has 3 nitrogen and oxygen atoms in total. The van der Waals surface area contributed by atoms with Crippen LogP contribution in [0.1, 0.15) is 24.0 Å². The lowest BCUT2D eigenvalue weighted by Gasteiger charge is -2.13. The summed E-state index contributed by atoms with van der Waals surface area (Å²) in [5, 5.41) is 13.5. The van der Waals surface area contributed by atoms with Crippen LogP contribution in [-0.4, -0.2) is 21.5 Å². The maximum Gasteiger partial charge on any atom is 0.0681 e. The molecule has 1 unspecified atom stereocenters. The fourth-order valence-corrected chi connectivity index (χ4v) is 1.76. The van der Waals surface area contributed by atoms with Gasteiger partial charge < -0.3 is 5.11 Å². The number of aliphatic hydroxyl groups is 1. The van der Waals surface area contributed by atoms with E-state index < -0.39 is 0 Å². The van der Waals surface area contributed by atoms with Crippen LogP contribution in [0.5, 0.6) is 0 Å². The molecule has 0 saturated heterocycles. The van der Waals surface area contributed by atoms with E-state index in [1.807, 2.05) is 55.2 Å². The summed E-state index contributed by atoms with van der Waals surface area (Å²) < 4.78 is 1.86. The van der Waals surface area contributed by atoms with Gasteiger partial charge in [0.1, 0.15) is 0 Å². The fraction of sp³-hybridized carbons (Fsp3) is 0.308. The first-order valence-corrected chi connectivity index (χ1v) is 5.44. The lowest BCUT2D eigenvalue weighted by Crippen LogP contribution is -2.05. The SMILES string of the molecule is Cc1cnn(-c2ccccc2C(C)CO)c1.